The Morgan fingerprint density at radius 1 is 1.44 bits per heavy atom. The smallest absolute Gasteiger partial charge is 0.126 e. The Balaban J connectivity index is 2.47. The zero-order chi connectivity index (χ0) is 11.9. The summed E-state index contributed by atoms with van der Waals surface area (Å²) < 4.78 is 5.89. The SMILES string of the molecule is CCc1ccc2c(c1)C(O)C(Br)C(C)(C)O2. The van der Waals surface area contributed by atoms with Crippen molar-refractivity contribution in [2.75, 3.05) is 0 Å². The molecule has 0 spiro atoms. The Hall–Kier alpha value is -0.540. The molecule has 0 aliphatic carbocycles. The Morgan fingerprint density at radius 3 is 2.75 bits per heavy atom. The van der Waals surface area contributed by atoms with E-state index >= 15 is 0 Å². The van der Waals surface area contributed by atoms with E-state index in [0.717, 1.165) is 17.7 Å². The van der Waals surface area contributed by atoms with Crippen molar-refractivity contribution in [3.8, 4) is 5.75 Å². The first kappa shape index (κ1) is 11.9. The molecule has 88 valence electrons. The van der Waals surface area contributed by atoms with E-state index in [1.54, 1.807) is 0 Å². The zero-order valence-electron chi connectivity index (χ0n) is 9.83. The molecular formula is C13H17BrO2. The van der Waals surface area contributed by atoms with Crippen molar-refractivity contribution in [2.24, 2.45) is 0 Å². The van der Waals surface area contributed by atoms with Crippen LogP contribution in [0.3, 0.4) is 0 Å². The Bertz CT molecular complexity index is 401. The average Bonchev–Trinajstić information content (AvgIpc) is 2.25. The van der Waals surface area contributed by atoms with Crippen LogP contribution in [0.4, 0.5) is 0 Å². The van der Waals surface area contributed by atoms with E-state index in [-0.39, 0.29) is 10.4 Å². The van der Waals surface area contributed by atoms with E-state index in [9.17, 15) is 5.11 Å². The van der Waals surface area contributed by atoms with E-state index in [1.807, 2.05) is 26.0 Å². The fourth-order valence-electron chi connectivity index (χ4n) is 2.02. The second-order valence-electron chi connectivity index (χ2n) is 4.78. The highest BCUT2D eigenvalue weighted by atomic mass is 79.9. The minimum Gasteiger partial charge on any atom is -0.486 e. The molecule has 0 saturated heterocycles. The van der Waals surface area contributed by atoms with Gasteiger partial charge in [-0.25, -0.2) is 0 Å². The van der Waals surface area contributed by atoms with Gasteiger partial charge >= 0.3 is 0 Å². The van der Waals surface area contributed by atoms with Gasteiger partial charge in [-0.1, -0.05) is 28.9 Å². The van der Waals surface area contributed by atoms with Crippen LogP contribution in [0.25, 0.3) is 0 Å². The summed E-state index contributed by atoms with van der Waals surface area (Å²) in [5, 5.41) is 10.3. The standard InChI is InChI=1S/C13H17BrO2/c1-4-8-5-6-10-9(7-8)11(15)12(14)13(2,3)16-10/h5-7,11-12,15H,4H2,1-3H3. The van der Waals surface area contributed by atoms with Crippen molar-refractivity contribution < 1.29 is 9.84 Å². The van der Waals surface area contributed by atoms with E-state index in [1.165, 1.54) is 5.56 Å². The molecule has 2 nitrogen and oxygen atoms in total. The molecule has 0 radical (unpaired) electrons. The molecule has 1 aliphatic rings. The van der Waals surface area contributed by atoms with Crippen LogP contribution in [0.15, 0.2) is 18.2 Å². The first-order valence-corrected chi connectivity index (χ1v) is 6.51. The predicted octanol–water partition coefficient (Wildman–Crippen LogP) is 3.22. The van der Waals surface area contributed by atoms with Crippen molar-refractivity contribution in [3.05, 3.63) is 29.3 Å². The van der Waals surface area contributed by atoms with Crippen LogP contribution in [0, 0.1) is 0 Å². The van der Waals surface area contributed by atoms with Crippen LogP contribution < -0.4 is 4.74 Å². The maximum Gasteiger partial charge on any atom is 0.126 e. The quantitative estimate of drug-likeness (QED) is 0.803. The second kappa shape index (κ2) is 4.04. The minimum atomic E-state index is -0.509. The number of benzene rings is 1. The van der Waals surface area contributed by atoms with Gasteiger partial charge in [0, 0.05) is 5.56 Å². The maximum atomic E-state index is 10.3. The Kier molecular flexibility index (Phi) is 3.01. The summed E-state index contributed by atoms with van der Waals surface area (Å²) >= 11 is 3.52. The molecule has 0 fully saturated rings. The molecule has 1 heterocycles. The maximum absolute atomic E-state index is 10.3. The summed E-state index contributed by atoms with van der Waals surface area (Å²) in [5.41, 5.74) is 1.72. The highest BCUT2D eigenvalue weighted by Gasteiger charge is 2.41. The van der Waals surface area contributed by atoms with Crippen LogP contribution in [-0.2, 0) is 6.42 Å². The summed E-state index contributed by atoms with van der Waals surface area (Å²) in [6.07, 6.45) is 0.460. The Labute approximate surface area is 105 Å². The van der Waals surface area contributed by atoms with Crippen molar-refractivity contribution >= 4 is 15.9 Å². The first-order chi connectivity index (χ1) is 7.45. The first-order valence-electron chi connectivity index (χ1n) is 5.59. The molecule has 1 aromatic carbocycles. The van der Waals surface area contributed by atoms with Crippen LogP contribution in [-0.4, -0.2) is 15.5 Å². The molecule has 3 heteroatoms. The summed E-state index contributed by atoms with van der Waals surface area (Å²) in [5.74, 6) is 0.797. The summed E-state index contributed by atoms with van der Waals surface area (Å²) in [6, 6.07) is 6.04. The largest absolute Gasteiger partial charge is 0.486 e. The molecule has 2 atom stereocenters. The Morgan fingerprint density at radius 2 is 2.12 bits per heavy atom. The van der Waals surface area contributed by atoms with Gasteiger partial charge in [-0.15, -0.1) is 0 Å². The average molecular weight is 285 g/mol. The molecule has 2 unspecified atom stereocenters. The number of hydrogen-bond acceptors (Lipinski definition) is 2. The van der Waals surface area contributed by atoms with Gasteiger partial charge in [-0.2, -0.15) is 0 Å². The number of ether oxygens (including phenoxy) is 1. The lowest BCUT2D eigenvalue weighted by Crippen LogP contribution is -2.45. The van der Waals surface area contributed by atoms with Gasteiger partial charge in [0.2, 0.25) is 0 Å². The molecule has 1 aliphatic heterocycles. The van der Waals surface area contributed by atoms with Gasteiger partial charge < -0.3 is 9.84 Å². The zero-order valence-corrected chi connectivity index (χ0v) is 11.4. The van der Waals surface area contributed by atoms with Crippen molar-refractivity contribution in [3.63, 3.8) is 0 Å². The van der Waals surface area contributed by atoms with Gasteiger partial charge in [-0.05, 0) is 38.0 Å². The van der Waals surface area contributed by atoms with Crippen molar-refractivity contribution in [2.45, 2.75) is 43.7 Å². The van der Waals surface area contributed by atoms with E-state index in [2.05, 4.69) is 28.9 Å². The number of rotatable bonds is 1. The topological polar surface area (TPSA) is 29.5 Å². The van der Waals surface area contributed by atoms with Gasteiger partial charge in [0.05, 0.1) is 10.9 Å². The molecule has 0 aromatic heterocycles. The lowest BCUT2D eigenvalue weighted by atomic mass is 9.90. The summed E-state index contributed by atoms with van der Waals surface area (Å²) in [7, 11) is 0. The summed E-state index contributed by atoms with van der Waals surface area (Å²) in [4.78, 5) is -0.0837. The van der Waals surface area contributed by atoms with Gasteiger partial charge in [0.15, 0.2) is 0 Å². The molecule has 0 saturated carbocycles. The normalized spacial score (nSPS) is 27.1. The van der Waals surface area contributed by atoms with E-state index in [0.29, 0.717) is 0 Å². The molecule has 0 amide bonds. The van der Waals surface area contributed by atoms with Crippen LogP contribution >= 0.6 is 15.9 Å². The minimum absolute atomic E-state index is 0.0837. The molecule has 0 bridgehead atoms. The molecular weight excluding hydrogens is 268 g/mol. The van der Waals surface area contributed by atoms with Crippen LogP contribution in [0.2, 0.25) is 0 Å². The fourth-order valence-corrected chi connectivity index (χ4v) is 2.40. The summed E-state index contributed by atoms with van der Waals surface area (Å²) in [6.45, 7) is 6.06. The number of halogens is 1. The number of fused-ring (bicyclic) bond motifs is 1. The third-order valence-corrected chi connectivity index (χ3v) is 4.72. The molecule has 2 rings (SSSR count). The third-order valence-electron chi connectivity index (χ3n) is 3.12. The number of aliphatic hydroxyl groups is 1. The van der Waals surface area contributed by atoms with Crippen LogP contribution in [0.1, 0.15) is 38.0 Å². The second-order valence-corrected chi connectivity index (χ2v) is 5.76. The van der Waals surface area contributed by atoms with Crippen molar-refractivity contribution in [1.29, 1.82) is 0 Å². The van der Waals surface area contributed by atoms with E-state index in [4.69, 9.17) is 4.74 Å². The third kappa shape index (κ3) is 1.87. The number of alkyl halides is 1. The van der Waals surface area contributed by atoms with Gasteiger partial charge in [0.25, 0.3) is 0 Å². The van der Waals surface area contributed by atoms with Gasteiger partial charge in [-0.3, -0.25) is 0 Å². The highest BCUT2D eigenvalue weighted by Crippen LogP contribution is 2.43. The number of aliphatic hydroxyl groups excluding tert-OH is 1. The molecule has 1 aromatic rings. The highest BCUT2D eigenvalue weighted by molar-refractivity contribution is 9.09. The lowest BCUT2D eigenvalue weighted by Gasteiger charge is -2.40. The monoisotopic (exact) mass is 284 g/mol. The van der Waals surface area contributed by atoms with Gasteiger partial charge in [0.1, 0.15) is 11.4 Å². The van der Waals surface area contributed by atoms with Crippen LogP contribution in [0.5, 0.6) is 5.75 Å². The molecule has 1 N–H and O–H groups in total. The fraction of sp³-hybridized carbons (Fsp3) is 0.538. The number of aryl methyl sites for hydroxylation is 1. The lowest BCUT2D eigenvalue weighted by molar-refractivity contribution is 0.0225. The van der Waals surface area contributed by atoms with Crippen molar-refractivity contribution in [1.82, 2.24) is 0 Å². The predicted molar refractivity (Wildman–Crippen MR) is 68.2 cm³/mol. The van der Waals surface area contributed by atoms with E-state index < -0.39 is 6.10 Å². The molecule has 16 heavy (non-hydrogen) atoms. The number of hydrogen-bond donors (Lipinski definition) is 1.